The Balaban J connectivity index is 1.40. The molecule has 134 valence electrons. The van der Waals surface area contributed by atoms with E-state index in [2.05, 4.69) is 24.0 Å². The molecule has 2 atom stereocenters. The van der Waals surface area contributed by atoms with Crippen molar-refractivity contribution in [2.24, 2.45) is 0 Å². The third kappa shape index (κ3) is 3.42. The van der Waals surface area contributed by atoms with Gasteiger partial charge in [0.1, 0.15) is 11.5 Å². The minimum absolute atomic E-state index is 0.213. The van der Waals surface area contributed by atoms with Crippen LogP contribution < -0.4 is 0 Å². The Bertz CT molecular complexity index is 535. The number of furan rings is 1. The monoisotopic (exact) mass is 333 g/mol. The van der Waals surface area contributed by atoms with E-state index in [0.29, 0.717) is 6.10 Å². The van der Waals surface area contributed by atoms with Crippen molar-refractivity contribution in [2.45, 2.75) is 76.0 Å². The summed E-state index contributed by atoms with van der Waals surface area (Å²) in [6.45, 7) is 5.66. The van der Waals surface area contributed by atoms with Crippen LogP contribution in [0.2, 0.25) is 0 Å². The summed E-state index contributed by atoms with van der Waals surface area (Å²) in [7, 11) is 0. The van der Waals surface area contributed by atoms with Gasteiger partial charge in [0, 0.05) is 19.5 Å². The van der Waals surface area contributed by atoms with E-state index in [-0.39, 0.29) is 11.6 Å². The lowest BCUT2D eigenvalue weighted by Gasteiger charge is -2.37. The molecule has 1 aromatic heterocycles. The Morgan fingerprint density at radius 1 is 1.17 bits per heavy atom. The van der Waals surface area contributed by atoms with Gasteiger partial charge in [0.25, 0.3) is 0 Å². The molecular weight excluding hydrogens is 302 g/mol. The van der Waals surface area contributed by atoms with Gasteiger partial charge in [0.15, 0.2) is 0 Å². The van der Waals surface area contributed by atoms with Gasteiger partial charge in [0.2, 0.25) is 0 Å². The van der Waals surface area contributed by atoms with E-state index in [1.165, 1.54) is 44.9 Å². The number of ether oxygens (including phenoxy) is 2. The molecule has 4 rings (SSSR count). The van der Waals surface area contributed by atoms with Crippen molar-refractivity contribution in [3.8, 4) is 0 Å². The lowest BCUT2D eigenvalue weighted by Crippen LogP contribution is -2.44. The second kappa shape index (κ2) is 7.19. The molecule has 1 saturated carbocycles. The molecule has 2 aliphatic heterocycles. The average molecular weight is 333 g/mol. The molecule has 3 fully saturated rings. The maximum atomic E-state index is 6.59. The zero-order valence-corrected chi connectivity index (χ0v) is 15.0. The van der Waals surface area contributed by atoms with E-state index >= 15 is 0 Å². The van der Waals surface area contributed by atoms with Crippen LogP contribution >= 0.6 is 0 Å². The summed E-state index contributed by atoms with van der Waals surface area (Å²) in [5.74, 6) is 2.12. The Morgan fingerprint density at radius 3 is 2.83 bits per heavy atom. The van der Waals surface area contributed by atoms with Crippen LogP contribution in [0.3, 0.4) is 0 Å². The normalized spacial score (nSPS) is 30.9. The summed E-state index contributed by atoms with van der Waals surface area (Å²) in [5.41, 5.74) is 0.213. The average Bonchev–Trinajstić information content (AvgIpc) is 3.24. The SMILES string of the molecule is CCc1ccc([C@@H]2COCCN2C[C@@H]2CCC3(CCCCC3)O2)o1. The van der Waals surface area contributed by atoms with Gasteiger partial charge in [-0.05, 0) is 37.8 Å². The van der Waals surface area contributed by atoms with Gasteiger partial charge in [-0.25, -0.2) is 0 Å². The fourth-order valence-corrected chi connectivity index (χ4v) is 4.73. The summed E-state index contributed by atoms with van der Waals surface area (Å²) in [6.07, 6.45) is 10.4. The number of rotatable bonds is 4. The number of hydrogen-bond donors (Lipinski definition) is 0. The van der Waals surface area contributed by atoms with Gasteiger partial charge in [0.05, 0.1) is 31.0 Å². The fraction of sp³-hybridized carbons (Fsp3) is 0.800. The molecule has 24 heavy (non-hydrogen) atoms. The smallest absolute Gasteiger partial charge is 0.123 e. The molecule has 4 heteroatoms. The van der Waals surface area contributed by atoms with Crippen molar-refractivity contribution in [2.75, 3.05) is 26.3 Å². The van der Waals surface area contributed by atoms with Crippen LogP contribution in [0.25, 0.3) is 0 Å². The molecule has 3 aliphatic rings. The van der Waals surface area contributed by atoms with Gasteiger partial charge < -0.3 is 13.9 Å². The highest BCUT2D eigenvalue weighted by molar-refractivity contribution is 5.12. The van der Waals surface area contributed by atoms with Crippen molar-refractivity contribution < 1.29 is 13.9 Å². The largest absolute Gasteiger partial charge is 0.464 e. The maximum absolute atomic E-state index is 6.59. The summed E-state index contributed by atoms with van der Waals surface area (Å²) >= 11 is 0. The van der Waals surface area contributed by atoms with Crippen LogP contribution in [0.5, 0.6) is 0 Å². The van der Waals surface area contributed by atoms with E-state index in [9.17, 15) is 0 Å². The molecule has 0 aromatic carbocycles. The fourth-order valence-electron chi connectivity index (χ4n) is 4.73. The minimum atomic E-state index is 0.213. The molecule has 0 bridgehead atoms. The summed E-state index contributed by atoms with van der Waals surface area (Å²) in [6, 6.07) is 4.47. The number of hydrogen-bond acceptors (Lipinski definition) is 4. The maximum Gasteiger partial charge on any atom is 0.123 e. The van der Waals surface area contributed by atoms with E-state index < -0.39 is 0 Å². The first-order chi connectivity index (χ1) is 11.8. The molecule has 0 radical (unpaired) electrons. The van der Waals surface area contributed by atoms with Gasteiger partial charge in [-0.15, -0.1) is 0 Å². The molecule has 4 nitrogen and oxygen atoms in total. The third-order valence-corrected chi connectivity index (χ3v) is 6.14. The predicted octanol–water partition coefficient (Wildman–Crippen LogP) is 4.10. The number of aryl methyl sites for hydroxylation is 1. The van der Waals surface area contributed by atoms with Crippen LogP contribution in [-0.2, 0) is 15.9 Å². The zero-order chi connectivity index (χ0) is 16.4. The highest BCUT2D eigenvalue weighted by atomic mass is 16.5. The van der Waals surface area contributed by atoms with E-state index in [1.807, 2.05) is 0 Å². The number of nitrogens with zero attached hydrogens (tertiary/aromatic N) is 1. The van der Waals surface area contributed by atoms with Crippen molar-refractivity contribution in [1.29, 1.82) is 0 Å². The minimum Gasteiger partial charge on any atom is -0.464 e. The van der Waals surface area contributed by atoms with Gasteiger partial charge in [-0.1, -0.05) is 26.2 Å². The van der Waals surface area contributed by atoms with Gasteiger partial charge in [-0.2, -0.15) is 0 Å². The first-order valence-electron chi connectivity index (χ1n) is 9.86. The molecule has 0 N–H and O–H groups in total. The number of morpholine rings is 1. The van der Waals surface area contributed by atoms with Crippen molar-refractivity contribution >= 4 is 0 Å². The van der Waals surface area contributed by atoms with Crippen LogP contribution in [-0.4, -0.2) is 42.9 Å². The molecule has 0 amide bonds. The Kier molecular flexibility index (Phi) is 4.98. The molecule has 1 aliphatic carbocycles. The lowest BCUT2D eigenvalue weighted by molar-refractivity contribution is -0.0900. The molecule has 1 spiro atoms. The first kappa shape index (κ1) is 16.6. The van der Waals surface area contributed by atoms with Crippen LogP contribution in [0.1, 0.15) is 69.4 Å². The van der Waals surface area contributed by atoms with E-state index in [0.717, 1.165) is 44.2 Å². The zero-order valence-electron chi connectivity index (χ0n) is 15.0. The topological polar surface area (TPSA) is 34.8 Å². The van der Waals surface area contributed by atoms with Crippen molar-refractivity contribution in [1.82, 2.24) is 4.90 Å². The van der Waals surface area contributed by atoms with Crippen LogP contribution in [0, 0.1) is 0 Å². The second-order valence-electron chi connectivity index (χ2n) is 7.77. The Morgan fingerprint density at radius 2 is 2.04 bits per heavy atom. The Hall–Kier alpha value is -0.840. The molecule has 1 aromatic rings. The Labute approximate surface area is 145 Å². The molecule has 0 unspecified atom stereocenters. The highest BCUT2D eigenvalue weighted by Crippen LogP contribution is 2.42. The van der Waals surface area contributed by atoms with Crippen molar-refractivity contribution in [3.05, 3.63) is 23.7 Å². The van der Waals surface area contributed by atoms with Crippen molar-refractivity contribution in [3.63, 3.8) is 0 Å². The first-order valence-corrected chi connectivity index (χ1v) is 9.86. The third-order valence-electron chi connectivity index (χ3n) is 6.14. The van der Waals surface area contributed by atoms with Gasteiger partial charge >= 0.3 is 0 Å². The molecule has 3 heterocycles. The highest BCUT2D eigenvalue weighted by Gasteiger charge is 2.42. The quantitative estimate of drug-likeness (QED) is 0.831. The second-order valence-corrected chi connectivity index (χ2v) is 7.77. The van der Waals surface area contributed by atoms with Crippen LogP contribution in [0.4, 0.5) is 0 Å². The van der Waals surface area contributed by atoms with Crippen LogP contribution in [0.15, 0.2) is 16.5 Å². The van der Waals surface area contributed by atoms with Gasteiger partial charge in [-0.3, -0.25) is 4.90 Å². The molecular formula is C20H31NO3. The lowest BCUT2D eigenvalue weighted by atomic mass is 9.83. The summed E-state index contributed by atoms with van der Waals surface area (Å²) < 4.78 is 18.3. The standard InChI is InChI=1S/C20H31NO3/c1-2-16-6-7-19(23-16)18-15-22-13-12-21(18)14-17-8-11-20(24-17)9-4-3-5-10-20/h6-7,17-18H,2-5,8-15H2,1H3/t17-,18-/m0/s1. The van der Waals surface area contributed by atoms with E-state index in [4.69, 9.17) is 13.9 Å². The predicted molar refractivity (Wildman–Crippen MR) is 93.1 cm³/mol. The van der Waals surface area contributed by atoms with E-state index in [1.54, 1.807) is 0 Å². The summed E-state index contributed by atoms with van der Waals surface area (Å²) in [4.78, 5) is 2.52. The summed E-state index contributed by atoms with van der Waals surface area (Å²) in [5, 5.41) is 0. The molecule has 2 saturated heterocycles.